The predicted octanol–water partition coefficient (Wildman–Crippen LogP) is 6.31. The van der Waals surface area contributed by atoms with Crippen LogP contribution in [0, 0.1) is 0 Å². The summed E-state index contributed by atoms with van der Waals surface area (Å²) in [4.78, 5) is 5.73. The monoisotopic (exact) mass is 484 g/mol. The summed E-state index contributed by atoms with van der Waals surface area (Å²) >= 11 is 0. The fraction of sp³-hybridized carbons (Fsp3) is 0.471. The van der Waals surface area contributed by atoms with Crippen molar-refractivity contribution in [2.75, 3.05) is 9.80 Å². The van der Waals surface area contributed by atoms with Gasteiger partial charge in [0, 0.05) is 33.6 Å². The Balaban J connectivity index is 1.49. The molecule has 3 aromatic carbocycles. The Morgan fingerprint density at radius 1 is 0.595 bits per heavy atom. The summed E-state index contributed by atoms with van der Waals surface area (Å²) < 4.78 is 0. The van der Waals surface area contributed by atoms with Gasteiger partial charge in [-0.25, -0.2) is 0 Å². The third kappa shape index (κ3) is 2.02. The molecule has 0 bridgehead atoms. The lowest BCUT2D eigenvalue weighted by molar-refractivity contribution is 0.190. The normalized spacial score (nSPS) is 35.5. The van der Waals surface area contributed by atoms with E-state index in [0.717, 1.165) is 0 Å². The quantitative estimate of drug-likeness (QED) is 0.345. The number of fused-ring (bicyclic) bond motifs is 12. The largest absolute Gasteiger partial charge is 0.335 e. The van der Waals surface area contributed by atoms with E-state index in [9.17, 15) is 0 Å². The van der Waals surface area contributed by atoms with Crippen LogP contribution in [0.4, 0.5) is 22.7 Å². The highest BCUT2D eigenvalue weighted by Crippen LogP contribution is 2.67. The van der Waals surface area contributed by atoms with E-state index in [1.165, 1.54) is 73.7 Å². The number of hydrogen-bond acceptors (Lipinski definition) is 2. The van der Waals surface area contributed by atoms with E-state index in [4.69, 9.17) is 0 Å². The van der Waals surface area contributed by atoms with Gasteiger partial charge in [-0.2, -0.15) is 0 Å². The van der Waals surface area contributed by atoms with E-state index in [1.807, 2.05) is 0 Å². The summed E-state index contributed by atoms with van der Waals surface area (Å²) in [5.41, 5.74) is 14.7. The third-order valence-corrected chi connectivity index (χ3v) is 12.8. The SMILES string of the molecule is CC12CCCCC1(C)N1c3ccccc3B3c4ccccc4N4c5c(cc2c1c53)C1(C)CCCCC41C. The van der Waals surface area contributed by atoms with E-state index < -0.39 is 0 Å². The first-order chi connectivity index (χ1) is 17.9. The molecule has 2 nitrogen and oxygen atoms in total. The van der Waals surface area contributed by atoms with Crippen LogP contribution in [0.25, 0.3) is 0 Å². The smallest absolute Gasteiger partial charge is 0.252 e. The van der Waals surface area contributed by atoms with Crippen LogP contribution in [0.2, 0.25) is 0 Å². The van der Waals surface area contributed by atoms with E-state index in [2.05, 4.69) is 92.1 Å². The number of para-hydroxylation sites is 2. The van der Waals surface area contributed by atoms with E-state index in [0.29, 0.717) is 6.71 Å². The maximum atomic E-state index is 2.86. The lowest BCUT2D eigenvalue weighted by atomic mass is 9.33. The second-order valence-corrected chi connectivity index (χ2v) is 13.9. The Morgan fingerprint density at radius 3 is 1.51 bits per heavy atom. The van der Waals surface area contributed by atoms with Crippen LogP contribution in [-0.4, -0.2) is 17.8 Å². The van der Waals surface area contributed by atoms with Gasteiger partial charge in [0.15, 0.2) is 0 Å². The Bertz CT molecular complexity index is 1430. The van der Waals surface area contributed by atoms with Crippen molar-refractivity contribution in [2.45, 2.75) is 101 Å². The molecule has 4 aliphatic heterocycles. The first kappa shape index (κ1) is 21.3. The minimum atomic E-state index is 0.124. The molecule has 0 N–H and O–H groups in total. The highest BCUT2D eigenvalue weighted by atomic mass is 15.3. The molecule has 0 amide bonds. The van der Waals surface area contributed by atoms with Crippen LogP contribution < -0.4 is 26.2 Å². The van der Waals surface area contributed by atoms with Crippen molar-refractivity contribution < 1.29 is 0 Å². The molecule has 6 aliphatic rings. The summed E-state index contributed by atoms with van der Waals surface area (Å²) in [5.74, 6) is 0. The molecular weight excluding hydrogens is 447 g/mol. The van der Waals surface area contributed by atoms with Crippen LogP contribution >= 0.6 is 0 Å². The first-order valence-electron chi connectivity index (χ1n) is 14.9. The lowest BCUT2D eigenvalue weighted by Gasteiger charge is -2.54. The summed E-state index contributed by atoms with van der Waals surface area (Å²) in [5, 5.41) is 0. The molecule has 3 heteroatoms. The van der Waals surface area contributed by atoms with E-state index in [-0.39, 0.29) is 21.9 Å². The van der Waals surface area contributed by atoms with Crippen LogP contribution in [-0.2, 0) is 10.8 Å². The van der Waals surface area contributed by atoms with Gasteiger partial charge < -0.3 is 9.80 Å². The Labute approximate surface area is 222 Å². The first-order valence-corrected chi connectivity index (χ1v) is 14.9. The third-order valence-electron chi connectivity index (χ3n) is 12.8. The molecule has 0 spiro atoms. The van der Waals surface area contributed by atoms with Crippen LogP contribution in [0.1, 0.15) is 90.2 Å². The van der Waals surface area contributed by atoms with Gasteiger partial charge in [-0.3, -0.25) is 0 Å². The van der Waals surface area contributed by atoms with Gasteiger partial charge >= 0.3 is 0 Å². The molecule has 4 atom stereocenters. The summed E-state index contributed by atoms with van der Waals surface area (Å²) in [6.45, 7) is 10.8. The predicted molar refractivity (Wildman–Crippen MR) is 157 cm³/mol. The van der Waals surface area contributed by atoms with Crippen molar-refractivity contribution >= 4 is 45.9 Å². The fourth-order valence-corrected chi connectivity index (χ4v) is 10.4. The van der Waals surface area contributed by atoms with Crippen molar-refractivity contribution in [2.24, 2.45) is 0 Å². The summed E-state index contributed by atoms with van der Waals surface area (Å²) in [7, 11) is 0. The van der Waals surface area contributed by atoms with Gasteiger partial charge in [0.25, 0.3) is 6.71 Å². The second kappa shape index (κ2) is 6.30. The van der Waals surface area contributed by atoms with Gasteiger partial charge in [0.2, 0.25) is 0 Å². The van der Waals surface area contributed by atoms with Crippen molar-refractivity contribution in [3.05, 3.63) is 65.7 Å². The van der Waals surface area contributed by atoms with Crippen molar-refractivity contribution in [1.29, 1.82) is 0 Å². The highest BCUT2D eigenvalue weighted by Gasteiger charge is 2.66. The number of nitrogens with zero attached hydrogens (tertiary/aromatic N) is 2. The number of hydrogen-bond donors (Lipinski definition) is 0. The van der Waals surface area contributed by atoms with Gasteiger partial charge in [0.05, 0.1) is 11.1 Å². The molecule has 186 valence electrons. The Morgan fingerprint density at radius 2 is 1.03 bits per heavy atom. The maximum Gasteiger partial charge on any atom is 0.252 e. The van der Waals surface area contributed by atoms with Crippen molar-refractivity contribution in [3.63, 3.8) is 0 Å². The van der Waals surface area contributed by atoms with Crippen molar-refractivity contribution in [1.82, 2.24) is 0 Å². The summed E-state index contributed by atoms with van der Waals surface area (Å²) in [6.07, 6.45) is 10.5. The highest BCUT2D eigenvalue weighted by molar-refractivity contribution is 7.00. The molecule has 37 heavy (non-hydrogen) atoms. The van der Waals surface area contributed by atoms with Crippen LogP contribution in [0.3, 0.4) is 0 Å². The molecule has 0 radical (unpaired) electrons. The molecule has 4 unspecified atom stereocenters. The van der Waals surface area contributed by atoms with Crippen LogP contribution in [0.15, 0.2) is 54.6 Å². The summed E-state index contributed by atoms with van der Waals surface area (Å²) in [6, 6.07) is 21.6. The molecule has 2 aliphatic carbocycles. The molecule has 2 fully saturated rings. The van der Waals surface area contributed by atoms with Gasteiger partial charge in [-0.05, 0) is 79.2 Å². The minimum absolute atomic E-state index is 0.124. The minimum Gasteiger partial charge on any atom is -0.335 e. The number of rotatable bonds is 0. The zero-order valence-corrected chi connectivity index (χ0v) is 22.8. The van der Waals surface area contributed by atoms with Crippen LogP contribution in [0.5, 0.6) is 0 Å². The van der Waals surface area contributed by atoms with Gasteiger partial charge in [-0.15, -0.1) is 0 Å². The zero-order chi connectivity index (χ0) is 24.9. The molecular formula is C34H37BN2. The van der Waals surface area contributed by atoms with E-state index >= 15 is 0 Å². The van der Waals surface area contributed by atoms with Crippen molar-refractivity contribution in [3.8, 4) is 0 Å². The zero-order valence-electron chi connectivity index (χ0n) is 22.8. The average molecular weight is 484 g/mol. The average Bonchev–Trinajstić information content (AvgIpc) is 3.26. The fourth-order valence-electron chi connectivity index (χ4n) is 10.4. The number of anilines is 4. The molecule has 2 saturated carbocycles. The standard InChI is InChI=1S/C34H37BN2/c1-31-17-9-11-19-33(31,3)36-26-15-7-5-13-24(26)35-25-14-6-8-16-27(25)37-30-23(21-22(31)29(36)28(30)35)32(2)18-10-12-20-34(32,37)4/h5-8,13-16,21H,9-12,17-20H2,1-4H3. The molecule has 9 rings (SSSR count). The molecule has 4 heterocycles. The molecule has 3 aromatic rings. The Kier molecular flexibility index (Phi) is 3.63. The second-order valence-electron chi connectivity index (χ2n) is 13.9. The van der Waals surface area contributed by atoms with E-state index in [1.54, 1.807) is 28.0 Å². The lowest BCUT2D eigenvalue weighted by Crippen LogP contribution is -2.66. The molecule has 0 aromatic heterocycles. The number of benzene rings is 3. The van der Waals surface area contributed by atoms with Gasteiger partial charge in [0.1, 0.15) is 0 Å². The maximum absolute atomic E-state index is 2.86. The van der Waals surface area contributed by atoms with Gasteiger partial charge in [-0.1, -0.05) is 82.0 Å². The topological polar surface area (TPSA) is 6.48 Å². The molecule has 0 saturated heterocycles. The Hall–Kier alpha value is -2.68.